The van der Waals surface area contributed by atoms with Gasteiger partial charge in [-0.2, -0.15) is 0 Å². The van der Waals surface area contributed by atoms with Gasteiger partial charge in [-0.1, -0.05) is 0 Å². The topological polar surface area (TPSA) is 57.7 Å². The standard InChI is InChI=1S/C16H24N4O2/c1-19(2)16(21)18-13-11-20(10-12-5-7-17-8-6-12)14-4-3-9-22-15(13)14/h5-8,13-15H,3-4,9-11H2,1-2H3,(H,18,21)/t13-,14+,15+/m0/s1. The average molecular weight is 304 g/mol. The fourth-order valence-corrected chi connectivity index (χ4v) is 3.37. The highest BCUT2D eigenvalue weighted by atomic mass is 16.5. The van der Waals surface area contributed by atoms with Gasteiger partial charge in [0.05, 0.1) is 12.1 Å². The fraction of sp³-hybridized carbons (Fsp3) is 0.625. The summed E-state index contributed by atoms with van der Waals surface area (Å²) in [5.74, 6) is 0. The lowest BCUT2D eigenvalue weighted by Crippen LogP contribution is -2.50. The Balaban J connectivity index is 1.70. The maximum absolute atomic E-state index is 12.0. The van der Waals surface area contributed by atoms with Crippen LogP contribution in [0.1, 0.15) is 18.4 Å². The van der Waals surface area contributed by atoms with Crippen LogP contribution in [0.15, 0.2) is 24.5 Å². The second-order valence-corrected chi connectivity index (χ2v) is 6.28. The van der Waals surface area contributed by atoms with Crippen molar-refractivity contribution in [3.63, 3.8) is 0 Å². The van der Waals surface area contributed by atoms with Gasteiger partial charge in [-0.15, -0.1) is 0 Å². The quantitative estimate of drug-likeness (QED) is 0.908. The highest BCUT2D eigenvalue weighted by Gasteiger charge is 2.44. The number of rotatable bonds is 3. The first kappa shape index (κ1) is 15.2. The molecule has 2 aliphatic heterocycles. The molecular weight excluding hydrogens is 280 g/mol. The van der Waals surface area contributed by atoms with E-state index in [2.05, 4.69) is 15.2 Å². The van der Waals surface area contributed by atoms with Crippen molar-refractivity contribution >= 4 is 6.03 Å². The van der Waals surface area contributed by atoms with Gasteiger partial charge in [-0.3, -0.25) is 9.88 Å². The van der Waals surface area contributed by atoms with E-state index >= 15 is 0 Å². The minimum absolute atomic E-state index is 0.0521. The zero-order valence-corrected chi connectivity index (χ0v) is 13.2. The van der Waals surface area contributed by atoms with Crippen LogP contribution in [-0.2, 0) is 11.3 Å². The van der Waals surface area contributed by atoms with E-state index in [0.29, 0.717) is 6.04 Å². The van der Waals surface area contributed by atoms with Crippen LogP contribution in [0.4, 0.5) is 4.79 Å². The van der Waals surface area contributed by atoms with E-state index in [4.69, 9.17) is 4.74 Å². The SMILES string of the molecule is CN(C)C(=O)N[C@H]1CN(Cc2ccncc2)[C@@H]2CCCO[C@H]12. The largest absolute Gasteiger partial charge is 0.374 e. The van der Waals surface area contributed by atoms with Crippen molar-refractivity contribution in [3.05, 3.63) is 30.1 Å². The van der Waals surface area contributed by atoms with Crippen molar-refractivity contribution in [1.82, 2.24) is 20.1 Å². The molecule has 0 unspecified atom stereocenters. The Morgan fingerprint density at radius 3 is 2.95 bits per heavy atom. The predicted octanol–water partition coefficient (Wildman–Crippen LogP) is 1.08. The Morgan fingerprint density at radius 1 is 1.45 bits per heavy atom. The summed E-state index contributed by atoms with van der Waals surface area (Å²) in [6.45, 7) is 2.50. The van der Waals surface area contributed by atoms with Crippen LogP contribution in [-0.4, -0.2) is 66.2 Å². The number of hydrogen-bond donors (Lipinski definition) is 1. The number of fused-ring (bicyclic) bond motifs is 1. The van der Waals surface area contributed by atoms with Crippen LogP contribution >= 0.6 is 0 Å². The fourth-order valence-electron chi connectivity index (χ4n) is 3.37. The molecule has 2 fully saturated rings. The summed E-state index contributed by atoms with van der Waals surface area (Å²) in [7, 11) is 3.52. The highest BCUT2D eigenvalue weighted by Crippen LogP contribution is 2.30. The Morgan fingerprint density at radius 2 is 2.23 bits per heavy atom. The first-order chi connectivity index (χ1) is 10.6. The molecule has 0 radical (unpaired) electrons. The number of likely N-dealkylation sites (tertiary alicyclic amines) is 1. The van der Waals surface area contributed by atoms with E-state index in [-0.39, 0.29) is 18.2 Å². The molecule has 22 heavy (non-hydrogen) atoms. The van der Waals surface area contributed by atoms with E-state index in [1.165, 1.54) is 5.56 Å². The van der Waals surface area contributed by atoms with E-state index in [0.717, 1.165) is 32.5 Å². The Kier molecular flexibility index (Phi) is 4.59. The van der Waals surface area contributed by atoms with Gasteiger partial charge in [-0.05, 0) is 30.5 Å². The molecule has 3 rings (SSSR count). The van der Waals surface area contributed by atoms with Crippen molar-refractivity contribution < 1.29 is 9.53 Å². The smallest absolute Gasteiger partial charge is 0.317 e. The number of pyridine rings is 1. The molecule has 1 aromatic heterocycles. The minimum atomic E-state index is -0.0521. The Hall–Kier alpha value is -1.66. The lowest BCUT2D eigenvalue weighted by molar-refractivity contribution is -0.0207. The monoisotopic (exact) mass is 304 g/mol. The molecule has 0 aromatic carbocycles. The van der Waals surface area contributed by atoms with Crippen LogP contribution in [0, 0.1) is 0 Å². The molecule has 1 aromatic rings. The molecule has 0 aliphatic carbocycles. The maximum Gasteiger partial charge on any atom is 0.317 e. The summed E-state index contributed by atoms with van der Waals surface area (Å²) >= 11 is 0. The third kappa shape index (κ3) is 3.23. The van der Waals surface area contributed by atoms with E-state index in [1.807, 2.05) is 24.5 Å². The molecular formula is C16H24N4O2. The van der Waals surface area contributed by atoms with Crippen molar-refractivity contribution in [2.24, 2.45) is 0 Å². The summed E-state index contributed by atoms with van der Waals surface area (Å²) < 4.78 is 5.98. The van der Waals surface area contributed by atoms with Crippen LogP contribution in [0.5, 0.6) is 0 Å². The maximum atomic E-state index is 12.0. The van der Waals surface area contributed by atoms with Gasteiger partial charge in [0, 0.05) is 52.2 Å². The van der Waals surface area contributed by atoms with E-state index in [1.54, 1.807) is 19.0 Å². The van der Waals surface area contributed by atoms with Crippen molar-refractivity contribution in [2.75, 3.05) is 27.2 Å². The molecule has 3 heterocycles. The average Bonchev–Trinajstić information content (AvgIpc) is 2.86. The van der Waals surface area contributed by atoms with E-state index < -0.39 is 0 Å². The molecule has 0 saturated carbocycles. The number of carbonyl (C=O) groups excluding carboxylic acids is 1. The predicted molar refractivity (Wildman–Crippen MR) is 83.4 cm³/mol. The van der Waals surface area contributed by atoms with Crippen molar-refractivity contribution in [3.8, 4) is 0 Å². The van der Waals surface area contributed by atoms with Gasteiger partial charge >= 0.3 is 6.03 Å². The second kappa shape index (κ2) is 6.62. The summed E-state index contributed by atoms with van der Waals surface area (Å²) in [4.78, 5) is 20.0. The molecule has 6 nitrogen and oxygen atoms in total. The van der Waals surface area contributed by atoms with Gasteiger partial charge in [0.15, 0.2) is 0 Å². The third-order valence-electron chi connectivity index (χ3n) is 4.48. The molecule has 2 aliphatic rings. The van der Waals surface area contributed by atoms with Crippen LogP contribution in [0.25, 0.3) is 0 Å². The molecule has 2 amide bonds. The molecule has 0 spiro atoms. The Labute approximate surface area is 131 Å². The van der Waals surface area contributed by atoms with Crippen molar-refractivity contribution in [1.29, 1.82) is 0 Å². The van der Waals surface area contributed by atoms with Gasteiger partial charge in [0.2, 0.25) is 0 Å². The van der Waals surface area contributed by atoms with Crippen LogP contribution in [0.3, 0.4) is 0 Å². The van der Waals surface area contributed by atoms with Crippen LogP contribution in [0.2, 0.25) is 0 Å². The van der Waals surface area contributed by atoms with Gasteiger partial charge in [-0.25, -0.2) is 4.79 Å². The minimum Gasteiger partial charge on any atom is -0.374 e. The summed E-state index contributed by atoms with van der Waals surface area (Å²) in [6.07, 6.45) is 5.96. The number of nitrogens with one attached hydrogen (secondary N) is 1. The third-order valence-corrected chi connectivity index (χ3v) is 4.48. The van der Waals surface area contributed by atoms with Crippen LogP contribution < -0.4 is 5.32 Å². The number of amides is 2. The number of carbonyl (C=O) groups is 1. The first-order valence-corrected chi connectivity index (χ1v) is 7.87. The summed E-state index contributed by atoms with van der Waals surface area (Å²) in [5, 5.41) is 3.10. The normalized spacial score (nSPS) is 28.2. The summed E-state index contributed by atoms with van der Waals surface area (Å²) in [6, 6.07) is 4.48. The van der Waals surface area contributed by atoms with Gasteiger partial charge in [0.25, 0.3) is 0 Å². The lowest BCUT2D eigenvalue weighted by Gasteiger charge is -2.32. The molecule has 0 bridgehead atoms. The number of nitrogens with zero attached hydrogens (tertiary/aromatic N) is 3. The first-order valence-electron chi connectivity index (χ1n) is 7.87. The molecule has 2 saturated heterocycles. The van der Waals surface area contributed by atoms with Gasteiger partial charge < -0.3 is 15.0 Å². The zero-order chi connectivity index (χ0) is 15.5. The van der Waals surface area contributed by atoms with Gasteiger partial charge in [0.1, 0.15) is 0 Å². The second-order valence-electron chi connectivity index (χ2n) is 6.28. The molecule has 1 N–H and O–H groups in total. The number of ether oxygens (including phenoxy) is 1. The number of urea groups is 1. The zero-order valence-electron chi connectivity index (χ0n) is 13.2. The van der Waals surface area contributed by atoms with E-state index in [9.17, 15) is 4.79 Å². The molecule has 3 atom stereocenters. The lowest BCUT2D eigenvalue weighted by atomic mass is 10.0. The molecule has 120 valence electrons. The Bertz CT molecular complexity index is 508. The highest BCUT2D eigenvalue weighted by molar-refractivity contribution is 5.74. The summed E-state index contributed by atoms with van der Waals surface area (Å²) in [5.41, 5.74) is 1.25. The number of hydrogen-bond acceptors (Lipinski definition) is 4. The van der Waals surface area contributed by atoms with Crippen molar-refractivity contribution in [2.45, 2.75) is 37.6 Å². The number of aromatic nitrogens is 1. The molecule has 6 heteroatoms.